The van der Waals surface area contributed by atoms with Gasteiger partial charge in [0.25, 0.3) is 0 Å². The van der Waals surface area contributed by atoms with E-state index in [0.717, 1.165) is 17.7 Å². The monoisotopic (exact) mass is 361 g/mol. The molecule has 1 aliphatic heterocycles. The molecule has 0 radical (unpaired) electrons. The Morgan fingerprint density at radius 2 is 1.76 bits per heavy atom. The van der Waals surface area contributed by atoms with Crippen LogP contribution in [-0.4, -0.2) is 39.0 Å². The lowest BCUT2D eigenvalue weighted by Gasteiger charge is -2.26. The maximum atomic E-state index is 12.7. The Morgan fingerprint density at radius 1 is 1.04 bits per heavy atom. The molecule has 0 aromatic heterocycles. The van der Waals surface area contributed by atoms with E-state index < -0.39 is 10.0 Å². The van der Waals surface area contributed by atoms with Crippen LogP contribution >= 0.6 is 0 Å². The highest BCUT2D eigenvalue weighted by Gasteiger charge is 2.26. The van der Waals surface area contributed by atoms with Crippen molar-refractivity contribution in [3.63, 3.8) is 0 Å². The first-order valence-electron chi connectivity index (χ1n) is 8.48. The van der Waals surface area contributed by atoms with Crippen molar-refractivity contribution in [3.8, 4) is 5.75 Å². The number of aryl methyl sites for hydroxylation is 1. The molecule has 1 saturated heterocycles. The van der Waals surface area contributed by atoms with Gasteiger partial charge in [-0.15, -0.1) is 0 Å². The van der Waals surface area contributed by atoms with E-state index in [1.807, 2.05) is 24.3 Å². The smallest absolute Gasteiger partial charge is 0.243 e. The van der Waals surface area contributed by atoms with Crippen molar-refractivity contribution in [1.29, 1.82) is 0 Å². The predicted molar refractivity (Wildman–Crippen MR) is 96.2 cm³/mol. The van der Waals surface area contributed by atoms with E-state index in [4.69, 9.17) is 9.47 Å². The van der Waals surface area contributed by atoms with Crippen molar-refractivity contribution < 1.29 is 17.9 Å². The van der Waals surface area contributed by atoms with E-state index in [1.54, 1.807) is 18.2 Å². The molecule has 2 aromatic rings. The van der Waals surface area contributed by atoms with Crippen molar-refractivity contribution in [2.24, 2.45) is 0 Å². The van der Waals surface area contributed by atoms with Gasteiger partial charge in [0, 0.05) is 13.1 Å². The molecular weight excluding hydrogens is 338 g/mol. The highest BCUT2D eigenvalue weighted by molar-refractivity contribution is 7.89. The number of nitrogens with zero attached hydrogens (tertiary/aromatic N) is 1. The molecule has 1 aliphatic rings. The number of rotatable bonds is 6. The van der Waals surface area contributed by atoms with Gasteiger partial charge in [-0.05, 0) is 41.8 Å². The van der Waals surface area contributed by atoms with Crippen molar-refractivity contribution in [3.05, 3.63) is 59.7 Å². The second-order valence-corrected chi connectivity index (χ2v) is 7.89. The van der Waals surface area contributed by atoms with Gasteiger partial charge < -0.3 is 9.47 Å². The summed E-state index contributed by atoms with van der Waals surface area (Å²) < 4.78 is 38.0. The van der Waals surface area contributed by atoms with Gasteiger partial charge in [0.1, 0.15) is 12.4 Å². The quantitative estimate of drug-likeness (QED) is 0.794. The average molecular weight is 361 g/mol. The Kier molecular flexibility index (Phi) is 5.73. The summed E-state index contributed by atoms with van der Waals surface area (Å²) in [7, 11) is -3.48. The maximum Gasteiger partial charge on any atom is 0.243 e. The van der Waals surface area contributed by atoms with Crippen molar-refractivity contribution in [1.82, 2.24) is 4.31 Å². The third kappa shape index (κ3) is 4.39. The number of benzene rings is 2. The van der Waals surface area contributed by atoms with Gasteiger partial charge >= 0.3 is 0 Å². The SMILES string of the molecule is CCc1cccc(OCc2cccc(S(=O)(=O)N3CCOCC3)c2)c1. The van der Waals surface area contributed by atoms with Gasteiger partial charge in [-0.2, -0.15) is 4.31 Å². The third-order valence-electron chi connectivity index (χ3n) is 4.22. The fourth-order valence-corrected chi connectivity index (χ4v) is 4.23. The first-order valence-corrected chi connectivity index (χ1v) is 9.92. The minimum atomic E-state index is -3.48. The lowest BCUT2D eigenvalue weighted by Crippen LogP contribution is -2.40. The molecule has 2 aromatic carbocycles. The summed E-state index contributed by atoms with van der Waals surface area (Å²) in [5.74, 6) is 0.792. The van der Waals surface area contributed by atoms with Crippen LogP contribution in [0.1, 0.15) is 18.1 Å². The largest absolute Gasteiger partial charge is 0.489 e. The zero-order valence-corrected chi connectivity index (χ0v) is 15.2. The lowest BCUT2D eigenvalue weighted by atomic mass is 10.2. The Labute approximate surface area is 149 Å². The van der Waals surface area contributed by atoms with Crippen LogP contribution in [0.5, 0.6) is 5.75 Å². The van der Waals surface area contributed by atoms with Gasteiger partial charge in [0.05, 0.1) is 18.1 Å². The third-order valence-corrected chi connectivity index (χ3v) is 6.11. The van der Waals surface area contributed by atoms with Crippen molar-refractivity contribution >= 4 is 10.0 Å². The fraction of sp³-hybridized carbons (Fsp3) is 0.368. The molecule has 1 fully saturated rings. The summed E-state index contributed by atoms with van der Waals surface area (Å²) in [5, 5.41) is 0. The summed E-state index contributed by atoms with van der Waals surface area (Å²) in [6.45, 7) is 4.10. The maximum absolute atomic E-state index is 12.7. The molecule has 0 bridgehead atoms. The van der Waals surface area contributed by atoms with E-state index in [-0.39, 0.29) is 0 Å². The number of hydrogen-bond acceptors (Lipinski definition) is 4. The second-order valence-electron chi connectivity index (χ2n) is 5.95. The number of sulfonamides is 1. The van der Waals surface area contributed by atoms with Gasteiger partial charge in [-0.25, -0.2) is 8.42 Å². The molecule has 6 heteroatoms. The van der Waals surface area contributed by atoms with Crippen LogP contribution in [0.15, 0.2) is 53.4 Å². The summed E-state index contributed by atoms with van der Waals surface area (Å²) >= 11 is 0. The molecule has 0 atom stereocenters. The number of ether oxygens (including phenoxy) is 2. The van der Waals surface area contributed by atoms with E-state index in [0.29, 0.717) is 37.8 Å². The van der Waals surface area contributed by atoms with Crippen molar-refractivity contribution in [2.45, 2.75) is 24.8 Å². The fourth-order valence-electron chi connectivity index (χ4n) is 2.75. The molecule has 0 aliphatic carbocycles. The normalized spacial score (nSPS) is 15.9. The lowest BCUT2D eigenvalue weighted by molar-refractivity contribution is 0.0730. The van der Waals surface area contributed by atoms with Crippen LogP contribution in [0.25, 0.3) is 0 Å². The molecule has 5 nitrogen and oxygen atoms in total. The molecule has 0 unspecified atom stereocenters. The zero-order chi connectivity index (χ0) is 17.7. The molecule has 134 valence electrons. The average Bonchev–Trinajstić information content (AvgIpc) is 2.67. The molecule has 0 N–H and O–H groups in total. The summed E-state index contributed by atoms with van der Waals surface area (Å²) in [4.78, 5) is 0.304. The number of morpholine rings is 1. The van der Waals surface area contributed by atoms with Crippen LogP contribution in [0.2, 0.25) is 0 Å². The van der Waals surface area contributed by atoms with Crippen LogP contribution in [0.3, 0.4) is 0 Å². The first-order chi connectivity index (χ1) is 12.1. The predicted octanol–water partition coefficient (Wildman–Crippen LogP) is 2.85. The van der Waals surface area contributed by atoms with Crippen LogP contribution < -0.4 is 4.74 Å². The Morgan fingerprint density at radius 3 is 2.52 bits per heavy atom. The molecular formula is C19H23NO4S. The summed E-state index contributed by atoms with van der Waals surface area (Å²) in [6, 6.07) is 14.9. The zero-order valence-electron chi connectivity index (χ0n) is 14.3. The Hall–Kier alpha value is -1.89. The molecule has 0 saturated carbocycles. The molecule has 0 spiro atoms. The topological polar surface area (TPSA) is 55.8 Å². The summed E-state index contributed by atoms with van der Waals surface area (Å²) in [6.07, 6.45) is 0.949. The van der Waals surface area contributed by atoms with E-state index >= 15 is 0 Å². The summed E-state index contributed by atoms with van der Waals surface area (Å²) in [5.41, 5.74) is 2.04. The second kappa shape index (κ2) is 7.99. The van der Waals surface area contributed by atoms with Gasteiger partial charge in [0.15, 0.2) is 0 Å². The minimum absolute atomic E-state index is 0.304. The van der Waals surface area contributed by atoms with Gasteiger partial charge in [-0.3, -0.25) is 0 Å². The molecule has 25 heavy (non-hydrogen) atoms. The van der Waals surface area contributed by atoms with Crippen molar-refractivity contribution in [2.75, 3.05) is 26.3 Å². The van der Waals surface area contributed by atoms with Crippen LogP contribution in [0, 0.1) is 0 Å². The van der Waals surface area contributed by atoms with Gasteiger partial charge in [-0.1, -0.05) is 31.2 Å². The highest BCUT2D eigenvalue weighted by atomic mass is 32.2. The Bertz CT molecular complexity index is 814. The van der Waals surface area contributed by atoms with E-state index in [9.17, 15) is 8.42 Å². The Balaban J connectivity index is 1.72. The van der Waals surface area contributed by atoms with Crippen LogP contribution in [-0.2, 0) is 27.8 Å². The molecule has 1 heterocycles. The minimum Gasteiger partial charge on any atom is -0.489 e. The van der Waals surface area contributed by atoms with E-state index in [1.165, 1.54) is 9.87 Å². The van der Waals surface area contributed by atoms with E-state index in [2.05, 4.69) is 13.0 Å². The molecule has 0 amide bonds. The van der Waals surface area contributed by atoms with Gasteiger partial charge in [0.2, 0.25) is 10.0 Å². The number of hydrogen-bond donors (Lipinski definition) is 0. The molecule has 3 rings (SSSR count). The van der Waals surface area contributed by atoms with Crippen LogP contribution in [0.4, 0.5) is 0 Å². The highest BCUT2D eigenvalue weighted by Crippen LogP contribution is 2.20. The first kappa shape index (κ1) is 17.9. The standard InChI is InChI=1S/C19H23NO4S/c1-2-16-5-3-7-18(13-16)24-15-17-6-4-8-19(14-17)25(21,22)20-9-11-23-12-10-20/h3-8,13-14H,2,9-12,15H2,1H3.